The molecule has 0 aliphatic heterocycles. The van der Waals surface area contributed by atoms with Gasteiger partial charge in [-0.25, -0.2) is 17.9 Å². The van der Waals surface area contributed by atoms with E-state index in [9.17, 15) is 18.3 Å². The number of aliphatic hydroxyl groups is 1. The highest BCUT2D eigenvalue weighted by molar-refractivity contribution is 7.89. The highest BCUT2D eigenvalue weighted by atomic mass is 32.2. The second-order valence-corrected chi connectivity index (χ2v) is 6.17. The third-order valence-electron chi connectivity index (χ3n) is 2.78. The van der Waals surface area contributed by atoms with Crippen molar-refractivity contribution in [3.8, 4) is 0 Å². The summed E-state index contributed by atoms with van der Waals surface area (Å²) >= 11 is 0. The molecule has 0 radical (unpaired) electrons. The maximum absolute atomic E-state index is 12.0. The molecule has 0 spiro atoms. The van der Waals surface area contributed by atoms with Gasteiger partial charge in [0.05, 0.1) is 17.1 Å². The van der Waals surface area contributed by atoms with E-state index >= 15 is 0 Å². The van der Waals surface area contributed by atoms with E-state index in [1.54, 1.807) is 0 Å². The van der Waals surface area contributed by atoms with Gasteiger partial charge in [-0.3, -0.25) is 0 Å². The molecule has 0 aliphatic rings. The number of rotatable bonds is 10. The third-order valence-corrected chi connectivity index (χ3v) is 4.24. The number of sulfonamides is 1. The fourth-order valence-electron chi connectivity index (χ4n) is 1.69. The zero-order valence-electron chi connectivity index (χ0n) is 12.2. The van der Waals surface area contributed by atoms with Gasteiger partial charge in [0.25, 0.3) is 0 Å². The predicted octanol–water partition coefficient (Wildman–Crippen LogP) is 0.104. The molecule has 8 nitrogen and oxygen atoms in total. The lowest BCUT2D eigenvalue weighted by Crippen LogP contribution is -2.27. The van der Waals surface area contributed by atoms with E-state index < -0.39 is 16.0 Å². The van der Waals surface area contributed by atoms with E-state index in [0.29, 0.717) is 18.7 Å². The number of methoxy groups -OCH3 is 1. The van der Waals surface area contributed by atoms with Crippen LogP contribution in [0.1, 0.15) is 16.8 Å². The first-order valence-electron chi connectivity index (χ1n) is 6.63. The Morgan fingerprint density at radius 2 is 2.05 bits per heavy atom. The zero-order valence-corrected chi connectivity index (χ0v) is 13.0. The summed E-state index contributed by atoms with van der Waals surface area (Å²) < 4.78 is 31.2. The van der Waals surface area contributed by atoms with Crippen molar-refractivity contribution >= 4 is 21.7 Å². The minimum absolute atomic E-state index is 0.0225. The van der Waals surface area contributed by atoms with Crippen molar-refractivity contribution in [1.29, 1.82) is 0 Å². The Morgan fingerprint density at radius 3 is 2.64 bits per heavy atom. The molecule has 0 aliphatic carbocycles. The Bertz CT molecular complexity index is 603. The highest BCUT2D eigenvalue weighted by Gasteiger charge is 2.18. The first kappa shape index (κ1) is 18.4. The first-order valence-corrected chi connectivity index (χ1v) is 8.11. The maximum Gasteiger partial charge on any atom is 0.337 e. The first-order chi connectivity index (χ1) is 10.4. The summed E-state index contributed by atoms with van der Waals surface area (Å²) in [4.78, 5) is 11.1. The molecule has 0 aromatic heterocycles. The van der Waals surface area contributed by atoms with Crippen LogP contribution in [0.3, 0.4) is 0 Å². The lowest BCUT2D eigenvalue weighted by molar-refractivity contribution is 0.0697. The molecule has 1 aromatic rings. The van der Waals surface area contributed by atoms with E-state index in [2.05, 4.69) is 10.0 Å². The summed E-state index contributed by atoms with van der Waals surface area (Å²) in [5, 5.41) is 20.8. The van der Waals surface area contributed by atoms with E-state index in [-0.39, 0.29) is 30.2 Å². The van der Waals surface area contributed by atoms with Gasteiger partial charge >= 0.3 is 5.97 Å². The Balaban J connectivity index is 2.99. The van der Waals surface area contributed by atoms with Crippen LogP contribution >= 0.6 is 0 Å². The monoisotopic (exact) mass is 332 g/mol. The predicted molar refractivity (Wildman–Crippen MR) is 80.7 cm³/mol. The Hall–Kier alpha value is -1.68. The largest absolute Gasteiger partial charge is 0.478 e. The van der Waals surface area contributed by atoms with Crippen LogP contribution in [0.4, 0.5) is 5.69 Å². The molecule has 0 atom stereocenters. The van der Waals surface area contributed by atoms with Gasteiger partial charge < -0.3 is 20.3 Å². The van der Waals surface area contributed by atoms with E-state index in [1.165, 1.54) is 19.2 Å². The lowest BCUT2D eigenvalue weighted by atomic mass is 10.2. The van der Waals surface area contributed by atoms with Crippen molar-refractivity contribution in [1.82, 2.24) is 4.72 Å². The summed E-state index contributed by atoms with van der Waals surface area (Å²) in [5.41, 5.74) is 0.157. The third kappa shape index (κ3) is 5.26. The molecule has 9 heteroatoms. The molecule has 0 saturated heterocycles. The van der Waals surface area contributed by atoms with Crippen molar-refractivity contribution in [2.45, 2.75) is 11.3 Å². The molecule has 0 saturated carbocycles. The van der Waals surface area contributed by atoms with Crippen LogP contribution in [0, 0.1) is 0 Å². The van der Waals surface area contributed by atoms with Crippen LogP contribution in [0.15, 0.2) is 23.1 Å². The average Bonchev–Trinajstić information content (AvgIpc) is 2.47. The fourth-order valence-corrected chi connectivity index (χ4v) is 2.72. The molecule has 0 amide bonds. The fraction of sp³-hybridized carbons (Fsp3) is 0.462. The minimum atomic E-state index is -3.79. The van der Waals surface area contributed by atoms with Crippen molar-refractivity contribution < 1.29 is 28.2 Å². The Kier molecular flexibility index (Phi) is 7.25. The van der Waals surface area contributed by atoms with Gasteiger partial charge in [0.2, 0.25) is 10.0 Å². The lowest BCUT2D eigenvalue weighted by Gasteiger charge is -2.12. The van der Waals surface area contributed by atoms with Gasteiger partial charge in [-0.05, 0) is 24.6 Å². The minimum Gasteiger partial charge on any atom is -0.478 e. The highest BCUT2D eigenvalue weighted by Crippen LogP contribution is 2.20. The molecular weight excluding hydrogens is 312 g/mol. The average molecular weight is 332 g/mol. The number of anilines is 1. The molecular formula is C13H20N2O6S. The quantitative estimate of drug-likeness (QED) is 0.448. The van der Waals surface area contributed by atoms with Gasteiger partial charge in [0.15, 0.2) is 0 Å². The van der Waals surface area contributed by atoms with E-state index in [0.717, 1.165) is 6.07 Å². The maximum atomic E-state index is 12.0. The van der Waals surface area contributed by atoms with Crippen molar-refractivity contribution in [2.75, 3.05) is 38.7 Å². The van der Waals surface area contributed by atoms with Crippen LogP contribution in [-0.2, 0) is 14.8 Å². The SMILES string of the molecule is COCCNS(=O)(=O)c1ccc(NCCCO)c(C(=O)O)c1. The number of hydrogen-bond acceptors (Lipinski definition) is 6. The summed E-state index contributed by atoms with van der Waals surface area (Å²) in [7, 11) is -2.34. The van der Waals surface area contributed by atoms with Crippen LogP contribution in [0.5, 0.6) is 0 Å². The number of hydrogen-bond donors (Lipinski definition) is 4. The molecule has 0 fully saturated rings. The number of carboxylic acids is 1. The molecule has 1 aromatic carbocycles. The number of carboxylic acid groups (broad SMARTS) is 1. The van der Waals surface area contributed by atoms with Gasteiger partial charge in [0, 0.05) is 32.5 Å². The summed E-state index contributed by atoms with van der Waals surface area (Å²) in [6.07, 6.45) is 0.456. The molecule has 0 heterocycles. The number of aliphatic hydroxyl groups excluding tert-OH is 1. The van der Waals surface area contributed by atoms with Crippen molar-refractivity contribution in [3.63, 3.8) is 0 Å². The van der Waals surface area contributed by atoms with E-state index in [1.807, 2.05) is 0 Å². The summed E-state index contributed by atoms with van der Waals surface area (Å²) in [5.74, 6) is -1.24. The number of carbonyl (C=O) groups is 1. The number of benzene rings is 1. The number of ether oxygens (including phenoxy) is 1. The van der Waals surface area contributed by atoms with E-state index in [4.69, 9.17) is 9.84 Å². The molecule has 0 unspecified atom stereocenters. The second-order valence-electron chi connectivity index (χ2n) is 4.41. The van der Waals surface area contributed by atoms with Gasteiger partial charge in [0.1, 0.15) is 0 Å². The van der Waals surface area contributed by atoms with Crippen LogP contribution in [0.2, 0.25) is 0 Å². The molecule has 124 valence electrons. The normalized spacial score (nSPS) is 11.4. The van der Waals surface area contributed by atoms with Crippen LogP contribution < -0.4 is 10.0 Å². The summed E-state index contributed by atoms with van der Waals surface area (Å²) in [6, 6.07) is 3.81. The van der Waals surface area contributed by atoms with Gasteiger partial charge in [-0.2, -0.15) is 0 Å². The van der Waals surface area contributed by atoms with Gasteiger partial charge in [-0.1, -0.05) is 0 Å². The number of aromatic carboxylic acids is 1. The zero-order chi connectivity index (χ0) is 16.6. The molecule has 4 N–H and O–H groups in total. The van der Waals surface area contributed by atoms with Gasteiger partial charge in [-0.15, -0.1) is 0 Å². The summed E-state index contributed by atoms with van der Waals surface area (Å²) in [6.45, 7) is 0.670. The van der Waals surface area contributed by atoms with Crippen LogP contribution in [0.25, 0.3) is 0 Å². The molecule has 22 heavy (non-hydrogen) atoms. The second kappa shape index (κ2) is 8.69. The standard InChI is InChI=1S/C13H20N2O6S/c1-21-8-6-15-22(19,20)10-3-4-12(14-5-2-7-16)11(9-10)13(17)18/h3-4,9,14-16H,2,5-8H2,1H3,(H,17,18). The van der Waals surface area contributed by atoms with Crippen molar-refractivity contribution in [2.24, 2.45) is 0 Å². The van der Waals surface area contributed by atoms with Crippen LogP contribution in [-0.4, -0.2) is 58.0 Å². The number of nitrogens with one attached hydrogen (secondary N) is 2. The van der Waals surface area contributed by atoms with Crippen molar-refractivity contribution in [3.05, 3.63) is 23.8 Å². The topological polar surface area (TPSA) is 125 Å². The Morgan fingerprint density at radius 1 is 1.32 bits per heavy atom. The molecule has 1 rings (SSSR count). The smallest absolute Gasteiger partial charge is 0.337 e. The Labute approximate surface area is 129 Å². The molecule has 0 bridgehead atoms.